The van der Waals surface area contributed by atoms with Crippen molar-refractivity contribution in [3.63, 3.8) is 0 Å². The van der Waals surface area contributed by atoms with E-state index in [1.165, 1.54) is 4.31 Å². The standard InChI is InChI=1S/C18H26N4O3S.HI/c1-3-9-20-18(19-4-2)21-14-16-7-5-6-8-17(16)15-26(23,24)22-10-12-25-13-11-22;/h1,5-8H,4,9-15H2,2H3,(H2,19,20,21);1H. The molecule has 1 aliphatic heterocycles. The molecule has 1 aromatic carbocycles. The summed E-state index contributed by atoms with van der Waals surface area (Å²) >= 11 is 0. The first-order valence-electron chi connectivity index (χ1n) is 8.65. The van der Waals surface area contributed by atoms with E-state index in [1.807, 2.05) is 31.2 Å². The van der Waals surface area contributed by atoms with Crippen LogP contribution in [0.1, 0.15) is 18.1 Å². The van der Waals surface area contributed by atoms with Gasteiger partial charge in [0.1, 0.15) is 0 Å². The summed E-state index contributed by atoms with van der Waals surface area (Å²) in [6.45, 7) is 5.12. The minimum atomic E-state index is -3.37. The maximum atomic E-state index is 12.7. The Morgan fingerprint density at radius 1 is 1.26 bits per heavy atom. The second-order valence-corrected chi connectivity index (χ2v) is 7.76. The van der Waals surface area contributed by atoms with Gasteiger partial charge >= 0.3 is 0 Å². The van der Waals surface area contributed by atoms with E-state index in [0.29, 0.717) is 51.9 Å². The zero-order valence-electron chi connectivity index (χ0n) is 15.5. The molecule has 0 unspecified atom stereocenters. The quantitative estimate of drug-likeness (QED) is 0.251. The molecule has 1 aliphatic rings. The number of nitrogens with one attached hydrogen (secondary N) is 2. The zero-order valence-corrected chi connectivity index (χ0v) is 18.6. The van der Waals surface area contributed by atoms with Crippen LogP contribution in [0.2, 0.25) is 0 Å². The van der Waals surface area contributed by atoms with Crippen molar-refractivity contribution in [1.29, 1.82) is 0 Å². The van der Waals surface area contributed by atoms with Gasteiger partial charge in [-0.3, -0.25) is 0 Å². The van der Waals surface area contributed by atoms with Crippen LogP contribution in [0.5, 0.6) is 0 Å². The number of guanidine groups is 1. The molecule has 1 saturated heterocycles. The molecule has 1 heterocycles. The molecule has 1 aromatic rings. The normalized spacial score (nSPS) is 15.5. The Hall–Kier alpha value is -1.35. The fourth-order valence-corrected chi connectivity index (χ4v) is 4.17. The number of morpholine rings is 1. The van der Waals surface area contributed by atoms with Crippen LogP contribution >= 0.6 is 24.0 Å². The number of aliphatic imine (C=N–C) groups is 1. The number of terminal acetylenes is 1. The van der Waals surface area contributed by atoms with Crippen LogP contribution < -0.4 is 10.6 Å². The fraction of sp³-hybridized carbons (Fsp3) is 0.500. The number of hydrogen-bond acceptors (Lipinski definition) is 4. The zero-order chi connectivity index (χ0) is 18.8. The molecule has 27 heavy (non-hydrogen) atoms. The van der Waals surface area contributed by atoms with Gasteiger partial charge in [-0.05, 0) is 18.1 Å². The molecular weight excluding hydrogens is 479 g/mol. The topological polar surface area (TPSA) is 83.0 Å². The number of rotatable bonds is 7. The van der Waals surface area contributed by atoms with E-state index in [2.05, 4.69) is 21.5 Å². The van der Waals surface area contributed by atoms with Crippen LogP contribution in [0.4, 0.5) is 0 Å². The van der Waals surface area contributed by atoms with Gasteiger partial charge in [-0.1, -0.05) is 30.2 Å². The third kappa shape index (κ3) is 7.65. The summed E-state index contributed by atoms with van der Waals surface area (Å²) < 4.78 is 32.1. The van der Waals surface area contributed by atoms with E-state index in [9.17, 15) is 8.42 Å². The monoisotopic (exact) mass is 506 g/mol. The van der Waals surface area contributed by atoms with Gasteiger partial charge in [0, 0.05) is 19.6 Å². The molecule has 0 aliphatic carbocycles. The van der Waals surface area contributed by atoms with Crippen LogP contribution in [-0.2, 0) is 27.1 Å². The van der Waals surface area contributed by atoms with Crippen molar-refractivity contribution in [3.8, 4) is 12.3 Å². The Balaban J connectivity index is 0.00000364. The highest BCUT2D eigenvalue weighted by Crippen LogP contribution is 2.17. The number of halogens is 1. The van der Waals surface area contributed by atoms with E-state index < -0.39 is 10.0 Å². The fourth-order valence-electron chi connectivity index (χ4n) is 2.61. The lowest BCUT2D eigenvalue weighted by atomic mass is 10.1. The molecule has 1 fully saturated rings. The highest BCUT2D eigenvalue weighted by Gasteiger charge is 2.25. The Labute approximate surface area is 179 Å². The Kier molecular flexibility index (Phi) is 10.7. The number of sulfonamides is 1. The van der Waals surface area contributed by atoms with Crippen LogP contribution in [-0.4, -0.2) is 58.1 Å². The Bertz CT molecular complexity index is 756. The van der Waals surface area contributed by atoms with Crippen molar-refractivity contribution >= 4 is 40.0 Å². The van der Waals surface area contributed by atoms with Gasteiger partial charge in [-0.2, -0.15) is 4.31 Å². The molecule has 150 valence electrons. The predicted octanol–water partition coefficient (Wildman–Crippen LogP) is 1.15. The lowest BCUT2D eigenvalue weighted by Gasteiger charge is -2.26. The SMILES string of the molecule is C#CCNC(=NCc1ccccc1CS(=O)(=O)N1CCOCC1)NCC.I. The second-order valence-electron chi connectivity index (χ2n) is 5.79. The first-order chi connectivity index (χ1) is 12.6. The van der Waals surface area contributed by atoms with Gasteiger partial charge in [0.15, 0.2) is 5.96 Å². The third-order valence-electron chi connectivity index (χ3n) is 3.93. The summed E-state index contributed by atoms with van der Waals surface area (Å²) in [4.78, 5) is 4.49. The van der Waals surface area contributed by atoms with Crippen LogP contribution in [0, 0.1) is 12.3 Å². The third-order valence-corrected chi connectivity index (χ3v) is 5.76. The maximum absolute atomic E-state index is 12.7. The number of ether oxygens (including phenoxy) is 1. The van der Waals surface area contributed by atoms with Gasteiger partial charge < -0.3 is 15.4 Å². The Morgan fingerprint density at radius 3 is 2.56 bits per heavy atom. The Morgan fingerprint density at radius 2 is 1.93 bits per heavy atom. The van der Waals surface area contributed by atoms with Crippen LogP contribution in [0.3, 0.4) is 0 Å². The van der Waals surface area contributed by atoms with E-state index in [-0.39, 0.29) is 29.7 Å². The minimum absolute atomic E-state index is 0. The largest absolute Gasteiger partial charge is 0.379 e. The van der Waals surface area contributed by atoms with E-state index >= 15 is 0 Å². The van der Waals surface area contributed by atoms with Crippen molar-refractivity contribution in [2.75, 3.05) is 39.4 Å². The molecule has 9 heteroatoms. The van der Waals surface area contributed by atoms with Gasteiger partial charge in [0.25, 0.3) is 0 Å². The second kappa shape index (κ2) is 12.2. The number of hydrogen-bond donors (Lipinski definition) is 2. The van der Waals surface area contributed by atoms with E-state index in [0.717, 1.165) is 11.1 Å². The van der Waals surface area contributed by atoms with Gasteiger partial charge in [-0.15, -0.1) is 30.4 Å². The summed E-state index contributed by atoms with van der Waals surface area (Å²) in [5.74, 6) is 3.08. The van der Waals surface area contributed by atoms with Gasteiger partial charge in [-0.25, -0.2) is 13.4 Å². The minimum Gasteiger partial charge on any atom is -0.379 e. The van der Waals surface area contributed by atoms with Crippen molar-refractivity contribution < 1.29 is 13.2 Å². The molecule has 0 bridgehead atoms. The summed E-state index contributed by atoms with van der Waals surface area (Å²) in [7, 11) is -3.37. The highest BCUT2D eigenvalue weighted by atomic mass is 127. The average Bonchev–Trinajstić information content (AvgIpc) is 2.65. The molecule has 0 aromatic heterocycles. The van der Waals surface area contributed by atoms with Crippen molar-refractivity contribution in [2.45, 2.75) is 19.2 Å². The molecule has 0 radical (unpaired) electrons. The number of nitrogens with zero attached hydrogens (tertiary/aromatic N) is 2. The molecule has 0 amide bonds. The lowest BCUT2D eigenvalue weighted by Crippen LogP contribution is -2.41. The van der Waals surface area contributed by atoms with Crippen LogP contribution in [0.15, 0.2) is 29.3 Å². The molecule has 7 nitrogen and oxygen atoms in total. The first-order valence-corrected chi connectivity index (χ1v) is 10.3. The van der Waals surface area contributed by atoms with E-state index in [1.54, 1.807) is 0 Å². The molecule has 0 saturated carbocycles. The summed E-state index contributed by atoms with van der Waals surface area (Å²) in [5.41, 5.74) is 1.64. The van der Waals surface area contributed by atoms with Crippen molar-refractivity contribution in [1.82, 2.24) is 14.9 Å². The average molecular weight is 506 g/mol. The lowest BCUT2D eigenvalue weighted by molar-refractivity contribution is 0.0729. The molecule has 0 atom stereocenters. The van der Waals surface area contributed by atoms with Crippen molar-refractivity contribution in [3.05, 3.63) is 35.4 Å². The first kappa shape index (κ1) is 23.7. The highest BCUT2D eigenvalue weighted by molar-refractivity contribution is 14.0. The van der Waals surface area contributed by atoms with Crippen molar-refractivity contribution in [2.24, 2.45) is 4.99 Å². The molecular formula is C18H27IN4O3S. The summed E-state index contributed by atoms with van der Waals surface area (Å²) in [6, 6.07) is 7.47. The van der Waals surface area contributed by atoms with E-state index in [4.69, 9.17) is 11.2 Å². The summed E-state index contributed by atoms with van der Waals surface area (Å²) in [6.07, 6.45) is 5.27. The van der Waals surface area contributed by atoms with Crippen LogP contribution in [0.25, 0.3) is 0 Å². The maximum Gasteiger partial charge on any atom is 0.218 e. The molecule has 2 N–H and O–H groups in total. The smallest absolute Gasteiger partial charge is 0.218 e. The number of benzene rings is 1. The summed E-state index contributed by atoms with van der Waals surface area (Å²) in [5, 5.41) is 6.13. The van der Waals surface area contributed by atoms with Gasteiger partial charge in [0.2, 0.25) is 10.0 Å². The van der Waals surface area contributed by atoms with Gasteiger partial charge in [0.05, 0.1) is 32.1 Å². The predicted molar refractivity (Wildman–Crippen MR) is 119 cm³/mol. The molecule has 0 spiro atoms. The molecule has 2 rings (SSSR count).